The Kier molecular flexibility index (Phi) is 2.97. The second kappa shape index (κ2) is 4.97. The van der Waals surface area contributed by atoms with E-state index < -0.39 is 0 Å². The van der Waals surface area contributed by atoms with E-state index in [1.54, 1.807) is 6.33 Å². The van der Waals surface area contributed by atoms with Crippen LogP contribution in [-0.2, 0) is 6.42 Å². The summed E-state index contributed by atoms with van der Waals surface area (Å²) >= 11 is 0. The number of rotatable bonds is 1. The van der Waals surface area contributed by atoms with Gasteiger partial charge in [-0.3, -0.25) is 0 Å². The van der Waals surface area contributed by atoms with Crippen LogP contribution in [0.3, 0.4) is 0 Å². The first kappa shape index (κ1) is 12.5. The fraction of sp³-hybridized carbons (Fsp3) is 0.294. The maximum atomic E-state index is 6.28. The molecular formula is C17H18N4. The molecule has 21 heavy (non-hydrogen) atoms. The molecule has 1 unspecified atom stereocenters. The highest BCUT2D eigenvalue weighted by Gasteiger charge is 2.16. The molecule has 0 bridgehead atoms. The minimum Gasteiger partial charge on any atom is -0.346 e. The first-order valence-corrected chi connectivity index (χ1v) is 7.50. The lowest BCUT2D eigenvalue weighted by molar-refractivity contribution is 0.615. The van der Waals surface area contributed by atoms with Crippen LogP contribution in [0, 0.1) is 0 Å². The molecule has 106 valence electrons. The summed E-state index contributed by atoms with van der Waals surface area (Å²) in [4.78, 5) is 11.9. The predicted molar refractivity (Wildman–Crippen MR) is 83.8 cm³/mol. The van der Waals surface area contributed by atoms with Crippen LogP contribution < -0.4 is 5.73 Å². The SMILES string of the molecule is NC1CCCCc2cc(-c3ncnc4[nH]ccc34)ccc21. The fourth-order valence-electron chi connectivity index (χ4n) is 3.27. The van der Waals surface area contributed by atoms with Crippen molar-refractivity contribution in [2.75, 3.05) is 0 Å². The Hall–Kier alpha value is -2.20. The summed E-state index contributed by atoms with van der Waals surface area (Å²) in [5, 5.41) is 1.07. The van der Waals surface area contributed by atoms with Crippen molar-refractivity contribution in [1.82, 2.24) is 15.0 Å². The molecule has 0 aliphatic heterocycles. The van der Waals surface area contributed by atoms with E-state index in [0.29, 0.717) is 0 Å². The molecule has 0 amide bonds. The van der Waals surface area contributed by atoms with Gasteiger partial charge in [-0.1, -0.05) is 18.6 Å². The van der Waals surface area contributed by atoms with Gasteiger partial charge in [0.15, 0.2) is 0 Å². The van der Waals surface area contributed by atoms with E-state index in [-0.39, 0.29) is 6.04 Å². The van der Waals surface area contributed by atoms with Gasteiger partial charge < -0.3 is 10.7 Å². The molecule has 3 N–H and O–H groups in total. The van der Waals surface area contributed by atoms with E-state index in [9.17, 15) is 0 Å². The number of fused-ring (bicyclic) bond motifs is 2. The molecule has 4 heteroatoms. The first-order chi connectivity index (χ1) is 10.3. The number of aromatic amines is 1. The highest BCUT2D eigenvalue weighted by atomic mass is 14.9. The van der Waals surface area contributed by atoms with Crippen LogP contribution in [0.1, 0.15) is 36.4 Å². The number of aromatic nitrogens is 3. The predicted octanol–water partition coefficient (Wildman–Crippen LogP) is 3.35. The monoisotopic (exact) mass is 278 g/mol. The number of hydrogen-bond acceptors (Lipinski definition) is 3. The van der Waals surface area contributed by atoms with Gasteiger partial charge in [-0.15, -0.1) is 0 Å². The van der Waals surface area contributed by atoms with Crippen molar-refractivity contribution in [3.63, 3.8) is 0 Å². The normalized spacial score (nSPS) is 18.4. The van der Waals surface area contributed by atoms with Crippen molar-refractivity contribution in [2.24, 2.45) is 5.73 Å². The first-order valence-electron chi connectivity index (χ1n) is 7.50. The summed E-state index contributed by atoms with van der Waals surface area (Å²) in [6, 6.07) is 8.78. The van der Waals surface area contributed by atoms with Crippen molar-refractivity contribution in [2.45, 2.75) is 31.7 Å². The Morgan fingerprint density at radius 2 is 2.10 bits per heavy atom. The summed E-state index contributed by atoms with van der Waals surface area (Å²) in [6.45, 7) is 0. The number of benzene rings is 1. The zero-order chi connectivity index (χ0) is 14.2. The molecule has 4 rings (SSSR count). The summed E-state index contributed by atoms with van der Waals surface area (Å²) in [5.41, 5.74) is 12.0. The molecule has 0 radical (unpaired) electrons. The minimum absolute atomic E-state index is 0.175. The lowest BCUT2D eigenvalue weighted by Crippen LogP contribution is -2.10. The third kappa shape index (κ3) is 2.12. The van der Waals surface area contributed by atoms with Gasteiger partial charge in [0.2, 0.25) is 0 Å². The molecule has 2 heterocycles. The topological polar surface area (TPSA) is 67.6 Å². The summed E-state index contributed by atoms with van der Waals surface area (Å²) in [7, 11) is 0. The number of nitrogens with two attached hydrogens (primary N) is 1. The van der Waals surface area contributed by atoms with E-state index in [1.165, 1.54) is 24.0 Å². The molecule has 3 aromatic rings. The molecule has 1 atom stereocenters. The molecule has 0 fully saturated rings. The summed E-state index contributed by atoms with van der Waals surface area (Å²) < 4.78 is 0. The number of aryl methyl sites for hydroxylation is 1. The highest BCUT2D eigenvalue weighted by molar-refractivity contribution is 5.90. The third-order valence-electron chi connectivity index (χ3n) is 4.38. The molecular weight excluding hydrogens is 260 g/mol. The lowest BCUT2D eigenvalue weighted by Gasteiger charge is -2.14. The highest BCUT2D eigenvalue weighted by Crippen LogP contribution is 2.32. The molecule has 0 saturated carbocycles. The van der Waals surface area contributed by atoms with Crippen molar-refractivity contribution < 1.29 is 0 Å². The van der Waals surface area contributed by atoms with Gasteiger partial charge in [-0.25, -0.2) is 9.97 Å². The van der Waals surface area contributed by atoms with Crippen LogP contribution in [0.15, 0.2) is 36.8 Å². The zero-order valence-corrected chi connectivity index (χ0v) is 11.8. The average molecular weight is 278 g/mol. The van der Waals surface area contributed by atoms with Crippen LogP contribution in [-0.4, -0.2) is 15.0 Å². The number of H-pyrrole nitrogens is 1. The quantitative estimate of drug-likeness (QED) is 0.671. The third-order valence-corrected chi connectivity index (χ3v) is 4.38. The smallest absolute Gasteiger partial charge is 0.141 e. The van der Waals surface area contributed by atoms with Crippen LogP contribution in [0.2, 0.25) is 0 Å². The molecule has 0 spiro atoms. The Balaban J connectivity index is 1.86. The van der Waals surface area contributed by atoms with Gasteiger partial charge in [-0.2, -0.15) is 0 Å². The van der Waals surface area contributed by atoms with E-state index >= 15 is 0 Å². The minimum atomic E-state index is 0.175. The van der Waals surface area contributed by atoms with Crippen LogP contribution >= 0.6 is 0 Å². The van der Waals surface area contributed by atoms with E-state index in [4.69, 9.17) is 5.73 Å². The second-order valence-electron chi connectivity index (χ2n) is 5.73. The number of nitrogens with one attached hydrogen (secondary N) is 1. The van der Waals surface area contributed by atoms with Crippen molar-refractivity contribution in [1.29, 1.82) is 0 Å². The Labute approximate surface area is 123 Å². The van der Waals surface area contributed by atoms with Crippen molar-refractivity contribution >= 4 is 11.0 Å². The van der Waals surface area contributed by atoms with Gasteiger partial charge in [0.05, 0.1) is 5.69 Å². The second-order valence-corrected chi connectivity index (χ2v) is 5.73. The number of nitrogens with zero attached hydrogens (tertiary/aromatic N) is 2. The van der Waals surface area contributed by atoms with Gasteiger partial charge in [0.1, 0.15) is 12.0 Å². The molecule has 1 aromatic carbocycles. The molecule has 1 aliphatic carbocycles. The maximum Gasteiger partial charge on any atom is 0.141 e. The maximum absolute atomic E-state index is 6.28. The summed E-state index contributed by atoms with van der Waals surface area (Å²) in [6.07, 6.45) is 8.14. The van der Waals surface area contributed by atoms with Crippen LogP contribution in [0.25, 0.3) is 22.3 Å². The van der Waals surface area contributed by atoms with E-state index in [1.807, 2.05) is 12.3 Å². The largest absolute Gasteiger partial charge is 0.346 e. The van der Waals surface area contributed by atoms with E-state index in [2.05, 4.69) is 33.2 Å². The van der Waals surface area contributed by atoms with Crippen molar-refractivity contribution in [3.8, 4) is 11.3 Å². The van der Waals surface area contributed by atoms with Crippen LogP contribution in [0.4, 0.5) is 0 Å². The Morgan fingerprint density at radius 1 is 1.14 bits per heavy atom. The Bertz CT molecular complexity index is 790. The Morgan fingerprint density at radius 3 is 3.05 bits per heavy atom. The van der Waals surface area contributed by atoms with Gasteiger partial charge in [-0.05, 0) is 42.5 Å². The van der Waals surface area contributed by atoms with Gasteiger partial charge >= 0.3 is 0 Å². The fourth-order valence-corrected chi connectivity index (χ4v) is 3.27. The molecule has 4 nitrogen and oxygen atoms in total. The standard InChI is InChI=1S/C17H18N4/c18-15-4-2-1-3-11-9-12(5-6-13(11)15)16-14-7-8-19-17(14)21-10-20-16/h5-10,15H,1-4,18H2,(H,19,20,21). The van der Waals surface area contributed by atoms with Gasteiger partial charge in [0.25, 0.3) is 0 Å². The summed E-state index contributed by atoms with van der Waals surface area (Å²) in [5.74, 6) is 0. The van der Waals surface area contributed by atoms with Crippen LogP contribution in [0.5, 0.6) is 0 Å². The molecule has 2 aromatic heterocycles. The molecule has 0 saturated heterocycles. The van der Waals surface area contributed by atoms with Crippen molar-refractivity contribution in [3.05, 3.63) is 47.9 Å². The molecule has 1 aliphatic rings. The van der Waals surface area contributed by atoms with Gasteiger partial charge in [0, 0.05) is 23.2 Å². The lowest BCUT2D eigenvalue weighted by atomic mass is 9.96. The zero-order valence-electron chi connectivity index (χ0n) is 11.8. The number of hydrogen-bond donors (Lipinski definition) is 2. The average Bonchev–Trinajstić information content (AvgIpc) is 2.92. The van der Waals surface area contributed by atoms with E-state index in [0.717, 1.165) is 35.1 Å².